The molecule has 0 aromatic rings. The second kappa shape index (κ2) is 43.2. The van der Waals surface area contributed by atoms with Crippen molar-refractivity contribution in [1.82, 2.24) is 57.2 Å². The standard InChI is InChI=1S/C73H121N15O19S2/c1-12-38(6)57(82-61(96)41(9)74)66(101)81-49-36-108-109-73(10,11)60(68(103)84-59(40(8)14-3)70(105)87-27-19-24-51(87)64(99)79-47(71(106)107)33-56(94)95)85-67(102)58(39(7)13-2)83-65(100)52-29-42-20-15-16-23-50(42)88(52)55(93)32-45-21-18-26-86(45)69(104)43(28-37(4)5)30-53(91)44(34-89)31-54(92)46(22-17-25-77-72(75)76)78-62(97)48(35-90)80-63(49)98/h37-52,57-60,89-90H,12-36,74H2,1-11H3,(H,78,97)(H,79,99)(H,80,98)(H,81,101)(H,82,96)(H,83,100)(H,84,103)(H,85,102)(H,94,95)(H,106,107)(H4,75,76,77)/t38-,39-,40-,41-,42-,43+,44-,45-,46-,47-,48-,49-,50-,51-,52-,57-,58-,59-,60+/m0/s1. The van der Waals surface area contributed by atoms with Gasteiger partial charge in [-0.15, -0.1) is 0 Å². The molecule has 4 aliphatic heterocycles. The zero-order valence-electron chi connectivity index (χ0n) is 65.0. The van der Waals surface area contributed by atoms with E-state index in [0.717, 1.165) is 34.4 Å². The molecule has 0 aromatic heterocycles. The van der Waals surface area contributed by atoms with Gasteiger partial charge in [-0.25, -0.2) is 4.79 Å². The van der Waals surface area contributed by atoms with Gasteiger partial charge in [-0.2, -0.15) is 0 Å². The largest absolute Gasteiger partial charge is 0.481 e. The van der Waals surface area contributed by atoms with Crippen molar-refractivity contribution in [3.8, 4) is 0 Å². The van der Waals surface area contributed by atoms with E-state index in [1.54, 1.807) is 65.2 Å². The van der Waals surface area contributed by atoms with Crippen LogP contribution in [0.1, 0.15) is 198 Å². The number of hydrogen-bond donors (Lipinski definition) is 15. The fraction of sp³-hybridized carbons (Fsp3) is 0.781. The number of rotatable bonds is 26. The maximum absolute atomic E-state index is 15.7. The van der Waals surface area contributed by atoms with Crippen LogP contribution in [0.3, 0.4) is 0 Å². The number of carbonyl (C=O) groups excluding carboxylic acids is 13. The zero-order chi connectivity index (χ0) is 81.5. The Kier molecular flexibility index (Phi) is 36.4. The lowest BCUT2D eigenvalue weighted by Crippen LogP contribution is -2.64. The predicted molar refractivity (Wildman–Crippen MR) is 406 cm³/mol. The Morgan fingerprint density at radius 2 is 1.32 bits per heavy atom. The van der Waals surface area contributed by atoms with Crippen molar-refractivity contribution >= 4 is 116 Å². The highest BCUT2D eigenvalue weighted by Gasteiger charge is 2.51. The number of aliphatic hydroxyl groups excluding tert-OH is 2. The first-order valence-electron chi connectivity index (χ1n) is 38.5. The molecule has 1 aliphatic carbocycles. The van der Waals surface area contributed by atoms with E-state index in [9.17, 15) is 63.6 Å². The Labute approximate surface area is 646 Å². The van der Waals surface area contributed by atoms with Crippen LogP contribution in [-0.2, 0) is 71.9 Å². The number of aliphatic carboxylic acids is 2. The lowest BCUT2D eigenvalue weighted by atomic mass is 9.84. The molecule has 0 bridgehead atoms. The van der Waals surface area contributed by atoms with E-state index in [4.69, 9.17) is 17.2 Å². The lowest BCUT2D eigenvalue weighted by molar-refractivity contribution is -0.148. The van der Waals surface area contributed by atoms with Crippen molar-refractivity contribution in [2.24, 2.45) is 63.6 Å². The average Bonchev–Trinajstić information content (AvgIpc) is 1.64. The van der Waals surface area contributed by atoms with Crippen LogP contribution in [0.15, 0.2) is 4.99 Å². The summed E-state index contributed by atoms with van der Waals surface area (Å²) in [5, 5.41) is 62.3. The first-order valence-corrected chi connectivity index (χ1v) is 40.8. The van der Waals surface area contributed by atoms with Crippen LogP contribution in [0.5, 0.6) is 0 Å². The SMILES string of the molecule is CC[C@H](C)[C@H](NC(=O)[C@H](C)N)C(=O)N[C@H]1CSSC(C)(C)[C@@H](C(=O)N[C@H](C(=O)N2CCC[C@H]2C(=O)N[C@@H](CC(=O)O)C(=O)O)[C@@H](C)CC)NC(=O)[C@H]([C@@H](C)CC)NC(=O)[C@@H]2C[C@@H]3CCCC[C@@H]3N2C(=O)C[C@@H]2CCCN2C(=O)[C@H](CC(C)C)CC(=O)[C@H](CO)CC(=O)[C@H](CCCN=C(N)N)NC(=O)[C@H](CO)NC1=O. The van der Waals surface area contributed by atoms with Crippen LogP contribution >= 0.6 is 21.6 Å². The summed E-state index contributed by atoms with van der Waals surface area (Å²) < 4.78 is -1.58. The van der Waals surface area contributed by atoms with Gasteiger partial charge in [0.1, 0.15) is 60.2 Å². The maximum Gasteiger partial charge on any atom is 0.326 e. The number of Topliss-reactive ketones (excluding diaryl/α,β-unsaturated/α-hetero) is 2. The average molecular weight is 1580 g/mol. The van der Waals surface area contributed by atoms with Gasteiger partial charge in [-0.3, -0.25) is 72.1 Å². The van der Waals surface area contributed by atoms with E-state index < -0.39 is 234 Å². The summed E-state index contributed by atoms with van der Waals surface area (Å²) in [5.41, 5.74) is 17.1. The van der Waals surface area contributed by atoms with Crippen molar-refractivity contribution in [2.75, 3.05) is 38.6 Å². The van der Waals surface area contributed by atoms with E-state index in [0.29, 0.717) is 32.1 Å². The molecule has 4 heterocycles. The van der Waals surface area contributed by atoms with Crippen molar-refractivity contribution in [3.05, 3.63) is 0 Å². The zero-order valence-corrected chi connectivity index (χ0v) is 66.6. The minimum Gasteiger partial charge on any atom is -0.481 e. The third-order valence-corrected chi connectivity index (χ3v) is 25.2. The maximum atomic E-state index is 15.7. The van der Waals surface area contributed by atoms with Crippen LogP contribution < -0.4 is 59.7 Å². The van der Waals surface area contributed by atoms with Crippen LogP contribution in [0.25, 0.3) is 0 Å². The number of amides is 11. The number of ketones is 2. The number of guanidine groups is 1. The van der Waals surface area contributed by atoms with Crippen molar-refractivity contribution < 1.29 is 92.3 Å². The van der Waals surface area contributed by atoms with Gasteiger partial charge in [0.05, 0.1) is 31.7 Å². The van der Waals surface area contributed by atoms with Crippen LogP contribution in [0.4, 0.5) is 0 Å². The third kappa shape index (κ3) is 25.9. The van der Waals surface area contributed by atoms with Gasteiger partial charge in [0.2, 0.25) is 65.0 Å². The van der Waals surface area contributed by atoms with Gasteiger partial charge in [0.15, 0.2) is 11.7 Å². The molecule has 0 aromatic carbocycles. The number of fused-ring (bicyclic) bond motifs is 4. The van der Waals surface area contributed by atoms with Crippen molar-refractivity contribution in [1.29, 1.82) is 0 Å². The summed E-state index contributed by atoms with van der Waals surface area (Å²) in [6.07, 6.45) is 3.16. The van der Waals surface area contributed by atoms with Gasteiger partial charge in [-0.05, 0) is 115 Å². The van der Waals surface area contributed by atoms with E-state index >= 15 is 28.8 Å². The van der Waals surface area contributed by atoms with E-state index in [2.05, 4.69) is 47.5 Å². The summed E-state index contributed by atoms with van der Waals surface area (Å²) >= 11 is 0. The summed E-state index contributed by atoms with van der Waals surface area (Å²) in [7, 11) is 1.79. The Morgan fingerprint density at radius 3 is 1.93 bits per heavy atom. The highest BCUT2D eigenvalue weighted by molar-refractivity contribution is 8.77. The Morgan fingerprint density at radius 1 is 0.679 bits per heavy atom. The smallest absolute Gasteiger partial charge is 0.326 e. The molecule has 5 fully saturated rings. The lowest BCUT2D eigenvalue weighted by Gasteiger charge is -2.38. The molecule has 0 radical (unpaired) electrons. The molecular weight excluding hydrogens is 1460 g/mol. The van der Waals surface area contributed by atoms with Gasteiger partial charge in [0.25, 0.3) is 0 Å². The molecule has 34 nitrogen and oxygen atoms in total. The minimum absolute atomic E-state index is 0.0312. The molecule has 18 N–H and O–H groups in total. The third-order valence-electron chi connectivity index (χ3n) is 21.9. The number of aliphatic imine (C=N–C) groups is 1. The Balaban J connectivity index is 1.69. The summed E-state index contributed by atoms with van der Waals surface area (Å²) in [5.74, 6) is -18.6. The number of carboxylic acid groups (broad SMARTS) is 2. The number of likely N-dealkylation sites (tertiary alicyclic amines) is 1. The molecule has 11 amide bonds. The fourth-order valence-corrected chi connectivity index (χ4v) is 17.7. The molecule has 0 unspecified atom stereocenters. The topological polar surface area (TPSA) is 533 Å². The van der Waals surface area contributed by atoms with Gasteiger partial charge >= 0.3 is 11.9 Å². The fourth-order valence-electron chi connectivity index (χ4n) is 14.9. The number of hydrogen-bond acceptors (Lipinski definition) is 21. The molecule has 5 aliphatic rings. The second-order valence-corrected chi connectivity index (χ2v) is 34.1. The van der Waals surface area contributed by atoms with Gasteiger partial charge < -0.3 is 94.9 Å². The second-order valence-electron chi connectivity index (χ2n) is 31.1. The number of nitrogens with zero attached hydrogens (tertiary/aromatic N) is 4. The monoisotopic (exact) mass is 1580 g/mol. The van der Waals surface area contributed by atoms with E-state index in [1.807, 2.05) is 13.8 Å². The molecular formula is C73H121N15O19S2. The summed E-state index contributed by atoms with van der Waals surface area (Å²) in [6.45, 7) is 16.8. The quantitative estimate of drug-likeness (QED) is 0.0232. The van der Waals surface area contributed by atoms with E-state index in [1.165, 1.54) is 11.8 Å². The number of carboxylic acids is 2. The number of aliphatic hydroxyl groups is 2. The number of carbonyl (C=O) groups is 15. The summed E-state index contributed by atoms with van der Waals surface area (Å²) in [4.78, 5) is 224. The highest BCUT2D eigenvalue weighted by Crippen LogP contribution is 2.42. The first kappa shape index (κ1) is 91.9. The normalized spacial score (nSPS) is 28.0. The van der Waals surface area contributed by atoms with Crippen LogP contribution in [0, 0.1) is 41.4 Å². The van der Waals surface area contributed by atoms with Crippen molar-refractivity contribution in [2.45, 2.75) is 281 Å². The Hall–Kier alpha value is -7.70. The minimum atomic E-state index is -1.87. The molecule has 1 saturated carbocycles. The number of nitrogens with two attached hydrogens (primary N) is 3. The highest BCUT2D eigenvalue weighted by atomic mass is 33.1. The van der Waals surface area contributed by atoms with E-state index in [-0.39, 0.29) is 101 Å². The predicted octanol–water partition coefficient (Wildman–Crippen LogP) is -0.150. The molecule has 5 rings (SSSR count). The first-order chi connectivity index (χ1) is 51.3. The summed E-state index contributed by atoms with van der Waals surface area (Å²) in [6, 6.07) is -17.2. The molecule has 36 heteroatoms. The number of nitrogens with one attached hydrogen (secondary N) is 8. The van der Waals surface area contributed by atoms with Gasteiger partial charge in [0, 0.05) is 73.3 Å². The van der Waals surface area contributed by atoms with Crippen LogP contribution in [0.2, 0.25) is 0 Å². The Bertz CT molecular complexity index is 3270. The molecule has 614 valence electrons. The van der Waals surface area contributed by atoms with Crippen LogP contribution in [-0.4, -0.2) is 251 Å². The van der Waals surface area contributed by atoms with Gasteiger partial charge in [-0.1, -0.05) is 109 Å². The molecule has 4 saturated heterocycles. The molecule has 109 heavy (non-hydrogen) atoms. The molecule has 0 spiro atoms. The van der Waals surface area contributed by atoms with Crippen molar-refractivity contribution in [3.63, 3.8) is 0 Å². The molecule has 19 atom stereocenters.